The Kier molecular flexibility index (Phi) is 4.28. The van der Waals surface area contributed by atoms with Crippen molar-refractivity contribution in [2.75, 3.05) is 25.0 Å². The molecule has 1 unspecified atom stereocenters. The number of benzene rings is 1. The van der Waals surface area contributed by atoms with Gasteiger partial charge in [0.1, 0.15) is 0 Å². The van der Waals surface area contributed by atoms with Crippen LogP contribution in [0.15, 0.2) is 24.3 Å². The van der Waals surface area contributed by atoms with Gasteiger partial charge in [-0.05, 0) is 48.9 Å². The van der Waals surface area contributed by atoms with E-state index in [-0.39, 0.29) is 5.41 Å². The van der Waals surface area contributed by atoms with Gasteiger partial charge in [0.15, 0.2) is 0 Å². The van der Waals surface area contributed by atoms with Crippen molar-refractivity contribution in [1.82, 2.24) is 5.32 Å². The first-order valence-corrected chi connectivity index (χ1v) is 7.11. The summed E-state index contributed by atoms with van der Waals surface area (Å²) in [5, 5.41) is 7.13. The normalized spacial score (nSPS) is 20.7. The predicted octanol–water partition coefficient (Wildman–Crippen LogP) is 3.40. The van der Waals surface area contributed by atoms with E-state index >= 15 is 0 Å². The summed E-state index contributed by atoms with van der Waals surface area (Å²) in [5.74, 6) is 0.770. The minimum absolute atomic E-state index is 0.203. The van der Waals surface area contributed by atoms with Gasteiger partial charge in [-0.2, -0.15) is 0 Å². The molecule has 0 spiro atoms. The zero-order chi connectivity index (χ0) is 13.0. The molecule has 0 bridgehead atoms. The Hall–Kier alpha value is -1.02. The molecule has 18 heavy (non-hydrogen) atoms. The van der Waals surface area contributed by atoms with E-state index in [1.807, 2.05) is 0 Å². The number of hydrogen-bond donors (Lipinski definition) is 2. The van der Waals surface area contributed by atoms with Crippen molar-refractivity contribution in [2.45, 2.75) is 39.0 Å². The second kappa shape index (κ2) is 5.75. The highest BCUT2D eigenvalue weighted by atomic mass is 14.9. The second-order valence-electron chi connectivity index (χ2n) is 6.39. The van der Waals surface area contributed by atoms with Crippen molar-refractivity contribution in [2.24, 2.45) is 5.92 Å². The maximum absolute atomic E-state index is 3.65. The quantitative estimate of drug-likeness (QED) is 0.854. The summed E-state index contributed by atoms with van der Waals surface area (Å²) in [6.45, 7) is 10.3. The highest BCUT2D eigenvalue weighted by molar-refractivity contribution is 5.54. The Morgan fingerprint density at radius 2 is 2.06 bits per heavy atom. The summed E-state index contributed by atoms with van der Waals surface area (Å²) < 4.78 is 0. The first kappa shape index (κ1) is 13.4. The molecule has 0 saturated carbocycles. The van der Waals surface area contributed by atoms with Crippen LogP contribution in [0, 0.1) is 5.92 Å². The number of piperidine rings is 1. The molecule has 0 aromatic heterocycles. The third-order valence-corrected chi connectivity index (χ3v) is 3.72. The van der Waals surface area contributed by atoms with Gasteiger partial charge in [0.25, 0.3) is 0 Å². The standard InChI is InChI=1S/C16H26N2/c1-16(2,3)14-8-4-5-9-15(14)18-12-13-7-6-10-17-11-13/h4-5,8-9,13,17-18H,6-7,10-12H2,1-3H3. The van der Waals surface area contributed by atoms with E-state index in [9.17, 15) is 0 Å². The topological polar surface area (TPSA) is 24.1 Å². The van der Waals surface area contributed by atoms with Crippen LogP contribution >= 0.6 is 0 Å². The zero-order valence-corrected chi connectivity index (χ0v) is 11.9. The molecule has 2 rings (SSSR count). The Labute approximate surface area is 111 Å². The first-order valence-electron chi connectivity index (χ1n) is 7.11. The average Bonchev–Trinajstić information content (AvgIpc) is 2.37. The smallest absolute Gasteiger partial charge is 0.0378 e. The molecule has 2 N–H and O–H groups in total. The van der Waals surface area contributed by atoms with E-state index in [2.05, 4.69) is 55.7 Å². The van der Waals surface area contributed by atoms with E-state index in [1.165, 1.54) is 30.6 Å². The summed E-state index contributed by atoms with van der Waals surface area (Å²) >= 11 is 0. The first-order chi connectivity index (χ1) is 8.57. The van der Waals surface area contributed by atoms with Gasteiger partial charge in [0.05, 0.1) is 0 Å². The molecule has 1 aliphatic heterocycles. The Morgan fingerprint density at radius 1 is 1.28 bits per heavy atom. The van der Waals surface area contributed by atoms with Gasteiger partial charge in [-0.15, -0.1) is 0 Å². The summed E-state index contributed by atoms with van der Waals surface area (Å²) in [5.41, 5.74) is 2.92. The molecule has 1 aromatic carbocycles. The van der Waals surface area contributed by atoms with Gasteiger partial charge < -0.3 is 10.6 Å². The molecule has 1 atom stereocenters. The van der Waals surface area contributed by atoms with E-state index in [0.29, 0.717) is 0 Å². The van der Waals surface area contributed by atoms with Crippen molar-refractivity contribution < 1.29 is 0 Å². The Balaban J connectivity index is 2.00. The zero-order valence-electron chi connectivity index (χ0n) is 11.9. The minimum atomic E-state index is 0.203. The lowest BCUT2D eigenvalue weighted by molar-refractivity contribution is 0.392. The molecule has 0 amide bonds. The molecule has 1 heterocycles. The van der Waals surface area contributed by atoms with Crippen LogP contribution < -0.4 is 10.6 Å². The van der Waals surface area contributed by atoms with Crippen molar-refractivity contribution in [3.05, 3.63) is 29.8 Å². The van der Waals surface area contributed by atoms with Crippen LogP contribution in [0.5, 0.6) is 0 Å². The van der Waals surface area contributed by atoms with Gasteiger partial charge in [-0.3, -0.25) is 0 Å². The molecule has 0 radical (unpaired) electrons. The second-order valence-corrected chi connectivity index (χ2v) is 6.39. The Bertz CT molecular complexity index is 373. The average molecular weight is 246 g/mol. The summed E-state index contributed by atoms with van der Waals surface area (Å²) in [4.78, 5) is 0. The van der Waals surface area contributed by atoms with E-state index < -0.39 is 0 Å². The van der Waals surface area contributed by atoms with Crippen LogP contribution in [0.1, 0.15) is 39.2 Å². The lowest BCUT2D eigenvalue weighted by atomic mass is 9.85. The highest BCUT2D eigenvalue weighted by Crippen LogP contribution is 2.29. The lowest BCUT2D eigenvalue weighted by Crippen LogP contribution is -2.33. The molecule has 0 aliphatic carbocycles. The SMILES string of the molecule is CC(C)(C)c1ccccc1NCC1CCCNC1. The van der Waals surface area contributed by atoms with Crippen LogP contribution in [0.3, 0.4) is 0 Å². The van der Waals surface area contributed by atoms with Gasteiger partial charge in [-0.1, -0.05) is 39.0 Å². The van der Waals surface area contributed by atoms with Crippen molar-refractivity contribution >= 4 is 5.69 Å². The molecule has 100 valence electrons. The molecule has 2 heteroatoms. The maximum atomic E-state index is 3.65. The van der Waals surface area contributed by atoms with Crippen molar-refractivity contribution in [3.8, 4) is 0 Å². The predicted molar refractivity (Wildman–Crippen MR) is 79.2 cm³/mol. The van der Waals surface area contributed by atoms with Crippen LogP contribution in [0.4, 0.5) is 5.69 Å². The number of para-hydroxylation sites is 1. The third kappa shape index (κ3) is 3.49. The van der Waals surface area contributed by atoms with Crippen molar-refractivity contribution in [3.63, 3.8) is 0 Å². The van der Waals surface area contributed by atoms with Gasteiger partial charge in [-0.25, -0.2) is 0 Å². The Morgan fingerprint density at radius 3 is 2.72 bits per heavy atom. The molecule has 1 aliphatic rings. The van der Waals surface area contributed by atoms with E-state index in [1.54, 1.807) is 0 Å². The number of anilines is 1. The number of hydrogen-bond acceptors (Lipinski definition) is 2. The monoisotopic (exact) mass is 246 g/mol. The molecule has 1 fully saturated rings. The third-order valence-electron chi connectivity index (χ3n) is 3.72. The van der Waals surface area contributed by atoms with E-state index in [4.69, 9.17) is 0 Å². The summed E-state index contributed by atoms with van der Waals surface area (Å²) in [6, 6.07) is 8.70. The number of nitrogens with one attached hydrogen (secondary N) is 2. The lowest BCUT2D eigenvalue weighted by Gasteiger charge is -2.27. The fraction of sp³-hybridized carbons (Fsp3) is 0.625. The van der Waals surface area contributed by atoms with Gasteiger partial charge >= 0.3 is 0 Å². The molecule has 2 nitrogen and oxygen atoms in total. The van der Waals surface area contributed by atoms with Crippen LogP contribution in [-0.4, -0.2) is 19.6 Å². The fourth-order valence-electron chi connectivity index (χ4n) is 2.64. The molecular weight excluding hydrogens is 220 g/mol. The van der Waals surface area contributed by atoms with Crippen molar-refractivity contribution in [1.29, 1.82) is 0 Å². The van der Waals surface area contributed by atoms with Gasteiger partial charge in [0, 0.05) is 12.2 Å². The minimum Gasteiger partial charge on any atom is -0.384 e. The molecule has 1 saturated heterocycles. The largest absolute Gasteiger partial charge is 0.384 e. The summed E-state index contributed by atoms with van der Waals surface area (Å²) in [6.07, 6.45) is 2.66. The summed E-state index contributed by atoms with van der Waals surface area (Å²) in [7, 11) is 0. The number of rotatable bonds is 3. The van der Waals surface area contributed by atoms with Crippen LogP contribution in [0.25, 0.3) is 0 Å². The maximum Gasteiger partial charge on any atom is 0.0378 e. The molecule has 1 aromatic rings. The van der Waals surface area contributed by atoms with Gasteiger partial charge in [0.2, 0.25) is 0 Å². The molecular formula is C16H26N2. The fourth-order valence-corrected chi connectivity index (χ4v) is 2.64. The van der Waals surface area contributed by atoms with E-state index in [0.717, 1.165) is 19.0 Å². The highest BCUT2D eigenvalue weighted by Gasteiger charge is 2.18. The van der Waals surface area contributed by atoms with Crippen LogP contribution in [-0.2, 0) is 5.41 Å². The van der Waals surface area contributed by atoms with Crippen LogP contribution in [0.2, 0.25) is 0 Å².